The van der Waals surface area contributed by atoms with E-state index in [1.807, 2.05) is 0 Å². The van der Waals surface area contributed by atoms with Crippen LogP contribution in [0.4, 0.5) is 0 Å². The van der Waals surface area contributed by atoms with E-state index in [1.54, 1.807) is 0 Å². The second-order valence-electron chi connectivity index (χ2n) is 3.41. The van der Waals surface area contributed by atoms with Gasteiger partial charge < -0.3 is 15.7 Å². The Labute approximate surface area is 78.7 Å². The van der Waals surface area contributed by atoms with Gasteiger partial charge in [-0.2, -0.15) is 0 Å². The maximum Gasteiger partial charge on any atom is 0.248 e. The summed E-state index contributed by atoms with van der Waals surface area (Å²) < 4.78 is 0. The van der Waals surface area contributed by atoms with Gasteiger partial charge in [0.2, 0.25) is 5.91 Å². The Bertz CT molecular complexity index is 146. The third-order valence-corrected chi connectivity index (χ3v) is 2.23. The molecule has 0 saturated carbocycles. The molecule has 4 heteroatoms. The van der Waals surface area contributed by atoms with Crippen molar-refractivity contribution in [2.75, 3.05) is 19.6 Å². The molecule has 0 aromatic carbocycles. The molecule has 0 aromatic heterocycles. The molecule has 2 heterocycles. The van der Waals surface area contributed by atoms with Crippen molar-refractivity contribution in [1.82, 2.24) is 10.6 Å². The maximum absolute atomic E-state index is 10.2. The van der Waals surface area contributed by atoms with Crippen molar-refractivity contribution in [3.63, 3.8) is 0 Å². The number of piperidine rings is 1. The molecule has 0 aromatic rings. The molecular formula is C9H18N2O2. The van der Waals surface area contributed by atoms with Gasteiger partial charge in [0, 0.05) is 6.54 Å². The standard InChI is InChI=1S/C5H11N.C4H7NO2/c1-2-4-6-5-3-1;6-3-1-2-5-4(3)7/h6H,1-5H2;3,6H,1-2H2,(H,5,7). The second kappa shape index (κ2) is 5.94. The van der Waals surface area contributed by atoms with Crippen LogP contribution in [0.1, 0.15) is 25.7 Å². The highest BCUT2D eigenvalue weighted by molar-refractivity contribution is 5.82. The molecule has 2 aliphatic rings. The number of amides is 1. The Hall–Kier alpha value is -0.610. The molecule has 76 valence electrons. The molecular weight excluding hydrogens is 168 g/mol. The van der Waals surface area contributed by atoms with E-state index in [4.69, 9.17) is 5.11 Å². The molecule has 2 rings (SSSR count). The van der Waals surface area contributed by atoms with Gasteiger partial charge >= 0.3 is 0 Å². The van der Waals surface area contributed by atoms with Crippen LogP contribution in [-0.4, -0.2) is 36.8 Å². The van der Waals surface area contributed by atoms with Crippen LogP contribution in [0.3, 0.4) is 0 Å². The van der Waals surface area contributed by atoms with Crippen molar-refractivity contribution in [2.24, 2.45) is 0 Å². The van der Waals surface area contributed by atoms with E-state index in [9.17, 15) is 4.79 Å². The van der Waals surface area contributed by atoms with Crippen molar-refractivity contribution in [3.05, 3.63) is 0 Å². The van der Waals surface area contributed by atoms with Crippen molar-refractivity contribution >= 4 is 5.91 Å². The van der Waals surface area contributed by atoms with Gasteiger partial charge in [-0.1, -0.05) is 6.42 Å². The molecule has 2 aliphatic heterocycles. The van der Waals surface area contributed by atoms with Gasteiger partial charge in [0.05, 0.1) is 0 Å². The normalized spacial score (nSPS) is 27.5. The van der Waals surface area contributed by atoms with Crippen LogP contribution >= 0.6 is 0 Å². The molecule has 3 N–H and O–H groups in total. The fraction of sp³-hybridized carbons (Fsp3) is 0.889. The van der Waals surface area contributed by atoms with Crippen molar-refractivity contribution in [1.29, 1.82) is 0 Å². The number of nitrogens with one attached hydrogen (secondary N) is 2. The largest absolute Gasteiger partial charge is 0.383 e. The molecule has 0 spiro atoms. The number of aliphatic hydroxyl groups is 1. The average Bonchev–Trinajstić information content (AvgIpc) is 2.55. The molecule has 0 radical (unpaired) electrons. The molecule has 2 saturated heterocycles. The summed E-state index contributed by atoms with van der Waals surface area (Å²) in [6.45, 7) is 3.12. The second-order valence-corrected chi connectivity index (χ2v) is 3.41. The van der Waals surface area contributed by atoms with E-state index in [0.717, 1.165) is 0 Å². The number of hydrogen-bond donors (Lipinski definition) is 3. The first-order valence-electron chi connectivity index (χ1n) is 4.97. The molecule has 0 bridgehead atoms. The summed E-state index contributed by atoms with van der Waals surface area (Å²) in [6.07, 6.45) is 4.05. The predicted octanol–water partition coefficient (Wildman–Crippen LogP) is -0.373. The summed E-state index contributed by atoms with van der Waals surface area (Å²) in [6, 6.07) is 0. The predicted molar refractivity (Wildman–Crippen MR) is 50.4 cm³/mol. The summed E-state index contributed by atoms with van der Waals surface area (Å²) in [5.74, 6) is -0.236. The number of rotatable bonds is 0. The first-order chi connectivity index (χ1) is 6.30. The molecule has 13 heavy (non-hydrogen) atoms. The lowest BCUT2D eigenvalue weighted by Gasteiger charge is -2.08. The van der Waals surface area contributed by atoms with Crippen LogP contribution in [-0.2, 0) is 4.79 Å². The van der Waals surface area contributed by atoms with Crippen LogP contribution in [0.2, 0.25) is 0 Å². The molecule has 1 atom stereocenters. The lowest BCUT2D eigenvalue weighted by atomic mass is 10.2. The van der Waals surface area contributed by atoms with Crippen molar-refractivity contribution in [2.45, 2.75) is 31.8 Å². The highest BCUT2D eigenvalue weighted by Gasteiger charge is 2.19. The van der Waals surface area contributed by atoms with Crippen LogP contribution < -0.4 is 10.6 Å². The zero-order chi connectivity index (χ0) is 9.52. The van der Waals surface area contributed by atoms with E-state index < -0.39 is 6.10 Å². The van der Waals surface area contributed by atoms with Gasteiger partial charge in [-0.25, -0.2) is 0 Å². The summed E-state index contributed by atoms with van der Waals surface area (Å²) in [4.78, 5) is 10.2. The highest BCUT2D eigenvalue weighted by atomic mass is 16.3. The molecule has 1 unspecified atom stereocenters. The zero-order valence-corrected chi connectivity index (χ0v) is 7.88. The Balaban J connectivity index is 0.000000132. The highest BCUT2D eigenvalue weighted by Crippen LogP contribution is 1.96. The van der Waals surface area contributed by atoms with Crippen LogP contribution in [0.15, 0.2) is 0 Å². The third-order valence-electron chi connectivity index (χ3n) is 2.23. The Kier molecular flexibility index (Phi) is 4.78. The first-order valence-corrected chi connectivity index (χ1v) is 4.97. The van der Waals surface area contributed by atoms with Gasteiger partial charge in [-0.15, -0.1) is 0 Å². The monoisotopic (exact) mass is 186 g/mol. The Morgan fingerprint density at radius 3 is 2.00 bits per heavy atom. The first kappa shape index (κ1) is 10.5. The van der Waals surface area contributed by atoms with Gasteiger partial charge in [-0.05, 0) is 32.4 Å². The minimum Gasteiger partial charge on any atom is -0.383 e. The summed E-state index contributed by atoms with van der Waals surface area (Å²) in [5, 5.41) is 14.4. The van der Waals surface area contributed by atoms with Crippen LogP contribution in [0.25, 0.3) is 0 Å². The van der Waals surface area contributed by atoms with Crippen molar-refractivity contribution < 1.29 is 9.90 Å². The molecule has 1 amide bonds. The van der Waals surface area contributed by atoms with Gasteiger partial charge in [0.15, 0.2) is 0 Å². The van der Waals surface area contributed by atoms with Crippen LogP contribution in [0, 0.1) is 0 Å². The number of carbonyl (C=O) groups is 1. The fourth-order valence-corrected chi connectivity index (χ4v) is 1.38. The van der Waals surface area contributed by atoms with Gasteiger partial charge in [-0.3, -0.25) is 4.79 Å². The van der Waals surface area contributed by atoms with Crippen LogP contribution in [0.5, 0.6) is 0 Å². The number of carbonyl (C=O) groups excluding carboxylic acids is 1. The Morgan fingerprint density at radius 1 is 1.15 bits per heavy atom. The minimum absolute atomic E-state index is 0.236. The summed E-state index contributed by atoms with van der Waals surface area (Å²) in [7, 11) is 0. The van der Waals surface area contributed by atoms with E-state index >= 15 is 0 Å². The molecule has 0 aliphatic carbocycles. The van der Waals surface area contributed by atoms with E-state index in [-0.39, 0.29) is 5.91 Å². The van der Waals surface area contributed by atoms with Gasteiger partial charge in [0.25, 0.3) is 0 Å². The minimum atomic E-state index is -0.736. The number of hydrogen-bond acceptors (Lipinski definition) is 3. The van der Waals surface area contributed by atoms with E-state index in [1.165, 1.54) is 32.4 Å². The summed E-state index contributed by atoms with van der Waals surface area (Å²) >= 11 is 0. The lowest BCUT2D eigenvalue weighted by Crippen LogP contribution is -2.21. The van der Waals surface area contributed by atoms with E-state index in [2.05, 4.69) is 10.6 Å². The third kappa shape index (κ3) is 4.24. The average molecular weight is 186 g/mol. The summed E-state index contributed by atoms with van der Waals surface area (Å²) in [5.41, 5.74) is 0. The zero-order valence-electron chi connectivity index (χ0n) is 7.88. The number of aliphatic hydroxyl groups excluding tert-OH is 1. The molecule has 4 nitrogen and oxygen atoms in total. The fourth-order valence-electron chi connectivity index (χ4n) is 1.38. The van der Waals surface area contributed by atoms with Crippen molar-refractivity contribution in [3.8, 4) is 0 Å². The molecule has 2 fully saturated rings. The lowest BCUT2D eigenvalue weighted by molar-refractivity contribution is -0.126. The topological polar surface area (TPSA) is 61.4 Å². The quantitative estimate of drug-likeness (QED) is 0.483. The SMILES string of the molecule is C1CCNCC1.O=C1NCCC1O. The smallest absolute Gasteiger partial charge is 0.248 e. The maximum atomic E-state index is 10.2. The van der Waals surface area contributed by atoms with Gasteiger partial charge in [0.1, 0.15) is 6.10 Å². The van der Waals surface area contributed by atoms with E-state index in [0.29, 0.717) is 13.0 Å². The Morgan fingerprint density at radius 2 is 1.85 bits per heavy atom.